The number of benzene rings is 3. The van der Waals surface area contributed by atoms with Crippen LogP contribution in [0.2, 0.25) is 0 Å². The number of carbonyl (C=O) groups is 1. The molecule has 0 aliphatic rings. The fourth-order valence-corrected chi connectivity index (χ4v) is 3.08. The number of methoxy groups -OCH3 is 1. The molecule has 0 heterocycles. The number of halogens is 1. The minimum absolute atomic E-state index is 0.0712. The van der Waals surface area contributed by atoms with Gasteiger partial charge in [0.1, 0.15) is 12.4 Å². The first-order valence-electron chi connectivity index (χ1n) is 10.8. The summed E-state index contributed by atoms with van der Waals surface area (Å²) in [5.41, 5.74) is 4.00. The molecule has 0 fully saturated rings. The molecule has 3 rings (SSSR count). The Bertz CT molecular complexity index is 1150. The van der Waals surface area contributed by atoms with Gasteiger partial charge in [-0.05, 0) is 61.9 Å². The molecule has 34 heavy (non-hydrogen) atoms. The number of nitrogens with zero attached hydrogens (tertiary/aromatic N) is 1. The summed E-state index contributed by atoms with van der Waals surface area (Å²) in [7, 11) is 1.51. The number of hydrazone groups is 1. The van der Waals surface area contributed by atoms with Crippen LogP contribution in [0.15, 0.2) is 65.8 Å². The molecule has 1 N–H and O–H groups in total. The molecule has 178 valence electrons. The lowest BCUT2D eigenvalue weighted by Crippen LogP contribution is -2.17. The van der Waals surface area contributed by atoms with Gasteiger partial charge >= 0.3 is 0 Å². The van der Waals surface area contributed by atoms with Crippen molar-refractivity contribution in [3.63, 3.8) is 0 Å². The summed E-state index contributed by atoms with van der Waals surface area (Å²) in [6, 6.07) is 16.5. The van der Waals surface area contributed by atoms with E-state index in [0.29, 0.717) is 52.9 Å². The van der Waals surface area contributed by atoms with Crippen molar-refractivity contribution in [3.05, 3.63) is 83.2 Å². The van der Waals surface area contributed by atoms with E-state index in [1.165, 1.54) is 19.4 Å². The normalized spacial score (nSPS) is 10.7. The number of ether oxygens (including phenoxy) is 4. The molecule has 0 aliphatic heterocycles. The zero-order chi connectivity index (χ0) is 24.3. The summed E-state index contributed by atoms with van der Waals surface area (Å²) in [5.74, 6) is 1.27. The first kappa shape index (κ1) is 24.6. The van der Waals surface area contributed by atoms with Crippen LogP contribution in [-0.4, -0.2) is 32.4 Å². The van der Waals surface area contributed by atoms with Crippen LogP contribution in [0.5, 0.6) is 23.0 Å². The fraction of sp³-hybridized carbons (Fsp3) is 0.231. The van der Waals surface area contributed by atoms with E-state index in [-0.39, 0.29) is 12.4 Å². The van der Waals surface area contributed by atoms with Gasteiger partial charge in [0.25, 0.3) is 5.91 Å². The van der Waals surface area contributed by atoms with Crippen LogP contribution in [0.3, 0.4) is 0 Å². The Morgan fingerprint density at radius 3 is 2.35 bits per heavy atom. The summed E-state index contributed by atoms with van der Waals surface area (Å²) in [6.45, 7) is 4.71. The van der Waals surface area contributed by atoms with E-state index >= 15 is 0 Å². The van der Waals surface area contributed by atoms with Gasteiger partial charge in [-0.15, -0.1) is 0 Å². The molecule has 0 aliphatic carbocycles. The van der Waals surface area contributed by atoms with Gasteiger partial charge in [0, 0.05) is 11.1 Å². The van der Waals surface area contributed by atoms with Gasteiger partial charge in [0.05, 0.1) is 26.5 Å². The van der Waals surface area contributed by atoms with Crippen molar-refractivity contribution < 1.29 is 28.1 Å². The topological polar surface area (TPSA) is 78.4 Å². The number of carbonyl (C=O) groups excluding carboxylic acids is 1. The summed E-state index contributed by atoms with van der Waals surface area (Å²) in [4.78, 5) is 12.4. The fourth-order valence-electron chi connectivity index (χ4n) is 3.08. The monoisotopic (exact) mass is 466 g/mol. The van der Waals surface area contributed by atoms with E-state index in [1.807, 2.05) is 13.8 Å². The highest BCUT2D eigenvalue weighted by Gasteiger charge is 2.11. The zero-order valence-corrected chi connectivity index (χ0v) is 19.3. The third-order valence-corrected chi connectivity index (χ3v) is 4.71. The average Bonchev–Trinajstić information content (AvgIpc) is 2.85. The molecule has 0 spiro atoms. The lowest BCUT2D eigenvalue weighted by atomic mass is 10.2. The van der Waals surface area contributed by atoms with Crippen molar-refractivity contribution in [1.29, 1.82) is 0 Å². The highest BCUT2D eigenvalue weighted by molar-refractivity contribution is 5.95. The van der Waals surface area contributed by atoms with Crippen molar-refractivity contribution in [2.24, 2.45) is 5.10 Å². The number of rotatable bonds is 11. The molecular weight excluding hydrogens is 439 g/mol. The molecule has 0 aromatic heterocycles. The first-order chi connectivity index (χ1) is 16.5. The van der Waals surface area contributed by atoms with Gasteiger partial charge in [-0.25, -0.2) is 9.82 Å². The van der Waals surface area contributed by atoms with E-state index in [4.69, 9.17) is 18.9 Å². The van der Waals surface area contributed by atoms with Gasteiger partial charge in [-0.2, -0.15) is 5.10 Å². The number of hydrogen-bond donors (Lipinski definition) is 1. The van der Waals surface area contributed by atoms with Gasteiger partial charge in [0.2, 0.25) is 0 Å². The Morgan fingerprint density at radius 2 is 1.62 bits per heavy atom. The maximum Gasteiger partial charge on any atom is 0.271 e. The lowest BCUT2D eigenvalue weighted by Gasteiger charge is -2.13. The smallest absolute Gasteiger partial charge is 0.271 e. The second kappa shape index (κ2) is 12.2. The van der Waals surface area contributed by atoms with Crippen LogP contribution in [0, 0.1) is 5.82 Å². The lowest BCUT2D eigenvalue weighted by molar-refractivity contribution is 0.0954. The maximum atomic E-state index is 13.9. The Hall–Kier alpha value is -4.07. The van der Waals surface area contributed by atoms with Gasteiger partial charge < -0.3 is 18.9 Å². The van der Waals surface area contributed by atoms with Crippen LogP contribution < -0.4 is 24.4 Å². The van der Waals surface area contributed by atoms with Crippen molar-refractivity contribution in [1.82, 2.24) is 5.43 Å². The van der Waals surface area contributed by atoms with Gasteiger partial charge in [0.15, 0.2) is 23.0 Å². The summed E-state index contributed by atoms with van der Waals surface area (Å²) in [6.07, 6.45) is 1.49. The zero-order valence-electron chi connectivity index (χ0n) is 19.3. The maximum absolute atomic E-state index is 13.9. The molecule has 0 radical (unpaired) electrons. The largest absolute Gasteiger partial charge is 0.493 e. The van der Waals surface area contributed by atoms with Crippen LogP contribution in [0.1, 0.15) is 35.3 Å². The Labute approximate surface area is 198 Å². The molecule has 8 heteroatoms. The van der Waals surface area contributed by atoms with Crippen molar-refractivity contribution in [2.45, 2.75) is 20.5 Å². The second-order valence-corrected chi connectivity index (χ2v) is 7.02. The van der Waals surface area contributed by atoms with Crippen molar-refractivity contribution in [3.8, 4) is 23.0 Å². The summed E-state index contributed by atoms with van der Waals surface area (Å²) < 4.78 is 36.0. The van der Waals surface area contributed by atoms with E-state index < -0.39 is 5.91 Å². The summed E-state index contributed by atoms with van der Waals surface area (Å²) >= 11 is 0. The van der Waals surface area contributed by atoms with Crippen molar-refractivity contribution in [2.75, 3.05) is 20.3 Å². The Balaban J connectivity index is 1.66. The predicted octanol–water partition coefficient (Wildman–Crippen LogP) is 4.97. The minimum Gasteiger partial charge on any atom is -0.493 e. The van der Waals surface area contributed by atoms with E-state index in [0.717, 1.165) is 0 Å². The molecule has 0 unspecified atom stereocenters. The molecular formula is C26H27FN2O5. The Kier molecular flexibility index (Phi) is 8.85. The van der Waals surface area contributed by atoms with Crippen LogP contribution in [-0.2, 0) is 6.61 Å². The number of nitrogens with one attached hydrogen (secondary N) is 1. The highest BCUT2D eigenvalue weighted by atomic mass is 19.1. The van der Waals surface area contributed by atoms with E-state index in [9.17, 15) is 9.18 Å². The van der Waals surface area contributed by atoms with E-state index in [2.05, 4.69) is 10.5 Å². The number of hydrogen-bond acceptors (Lipinski definition) is 6. The molecule has 3 aromatic rings. The van der Waals surface area contributed by atoms with Crippen molar-refractivity contribution >= 4 is 12.1 Å². The Morgan fingerprint density at radius 1 is 0.912 bits per heavy atom. The standard InChI is InChI=1S/C26H27FN2O5/c1-4-32-22-13-11-19(15-24(22)31-3)26(30)29-28-16-18-10-12-23(25(14-18)33-5-2)34-17-20-8-6-7-9-21(20)27/h6-16H,4-5,17H2,1-3H3,(H,29,30)/b28-16+. The molecule has 7 nitrogen and oxygen atoms in total. The molecule has 0 saturated heterocycles. The third-order valence-electron chi connectivity index (χ3n) is 4.71. The van der Waals surface area contributed by atoms with Gasteiger partial charge in [-0.3, -0.25) is 4.79 Å². The SMILES string of the molecule is CCOc1ccc(C(=O)N/N=C/c2ccc(OCc3ccccc3F)c(OCC)c2)cc1OC. The predicted molar refractivity (Wildman–Crippen MR) is 128 cm³/mol. The van der Waals surface area contributed by atoms with E-state index in [1.54, 1.807) is 54.6 Å². The van der Waals surface area contributed by atoms with Crippen LogP contribution >= 0.6 is 0 Å². The first-order valence-corrected chi connectivity index (χ1v) is 10.8. The molecule has 3 aromatic carbocycles. The minimum atomic E-state index is -0.396. The second-order valence-electron chi connectivity index (χ2n) is 7.02. The van der Waals surface area contributed by atoms with Gasteiger partial charge in [-0.1, -0.05) is 18.2 Å². The molecule has 1 amide bonds. The van der Waals surface area contributed by atoms with Crippen LogP contribution in [0.25, 0.3) is 0 Å². The molecule has 0 bridgehead atoms. The quantitative estimate of drug-likeness (QED) is 0.319. The highest BCUT2D eigenvalue weighted by Crippen LogP contribution is 2.29. The summed E-state index contributed by atoms with van der Waals surface area (Å²) in [5, 5.41) is 4.03. The molecule has 0 saturated carbocycles. The average molecular weight is 467 g/mol. The number of amides is 1. The van der Waals surface area contributed by atoms with Crippen LogP contribution in [0.4, 0.5) is 4.39 Å². The molecule has 0 atom stereocenters. The third kappa shape index (κ3) is 6.48.